The van der Waals surface area contributed by atoms with Crippen LogP contribution in [0.3, 0.4) is 0 Å². The van der Waals surface area contributed by atoms with Crippen molar-refractivity contribution in [1.82, 2.24) is 0 Å². The summed E-state index contributed by atoms with van der Waals surface area (Å²) in [6, 6.07) is 0. The van der Waals surface area contributed by atoms with Crippen LogP contribution in [0.15, 0.2) is 24.8 Å². The van der Waals surface area contributed by atoms with Gasteiger partial charge in [0.2, 0.25) is 0 Å². The molecule has 8 heavy (non-hydrogen) atoms. The Morgan fingerprint density at radius 1 is 1.75 bits per heavy atom. The summed E-state index contributed by atoms with van der Waals surface area (Å²) in [5, 5.41) is 8.89. The lowest BCUT2D eigenvalue weighted by Crippen LogP contribution is -1.97. The van der Waals surface area contributed by atoms with E-state index in [1.807, 2.05) is 13.0 Å². The average Bonchev–Trinajstić information content (AvgIpc) is 1.68. The van der Waals surface area contributed by atoms with Crippen LogP contribution in [0.2, 0.25) is 0 Å². The molecule has 0 unspecified atom stereocenters. The van der Waals surface area contributed by atoms with Gasteiger partial charge in [0, 0.05) is 0 Å². The zero-order chi connectivity index (χ0) is 6.41. The minimum atomic E-state index is -0.336. The summed E-state index contributed by atoms with van der Waals surface area (Å²) in [6.45, 7) is 5.37. The first kappa shape index (κ1) is 7.44. The highest BCUT2D eigenvalue weighted by Crippen LogP contribution is 1.92. The van der Waals surface area contributed by atoms with Gasteiger partial charge in [0.05, 0.1) is 6.10 Å². The molecule has 0 bridgehead atoms. The first-order valence-corrected chi connectivity index (χ1v) is 2.73. The molecule has 0 amide bonds. The van der Waals surface area contributed by atoms with E-state index in [1.54, 1.807) is 12.2 Å². The second-order valence-corrected chi connectivity index (χ2v) is 1.62. The highest BCUT2D eigenvalue weighted by molar-refractivity contribution is 4.89. The molecule has 1 N–H and O–H groups in total. The van der Waals surface area contributed by atoms with Gasteiger partial charge in [0.15, 0.2) is 0 Å². The molecular formula is C7H12O. The van der Waals surface area contributed by atoms with Crippen molar-refractivity contribution in [2.45, 2.75) is 19.4 Å². The van der Waals surface area contributed by atoms with Gasteiger partial charge in [0.25, 0.3) is 0 Å². The molecule has 0 aliphatic rings. The third-order valence-corrected chi connectivity index (χ3v) is 0.823. The van der Waals surface area contributed by atoms with E-state index in [-0.39, 0.29) is 6.10 Å². The third kappa shape index (κ3) is 3.62. The Balaban J connectivity index is 3.31. The molecule has 1 atom stereocenters. The molecule has 0 saturated carbocycles. The van der Waals surface area contributed by atoms with E-state index >= 15 is 0 Å². The molecule has 0 rings (SSSR count). The Morgan fingerprint density at radius 2 is 2.38 bits per heavy atom. The molecule has 0 aromatic heterocycles. The van der Waals surface area contributed by atoms with Crippen LogP contribution >= 0.6 is 0 Å². The van der Waals surface area contributed by atoms with E-state index in [0.29, 0.717) is 6.42 Å². The fraction of sp³-hybridized carbons (Fsp3) is 0.429. The second kappa shape index (κ2) is 4.60. The van der Waals surface area contributed by atoms with Gasteiger partial charge in [-0.2, -0.15) is 0 Å². The van der Waals surface area contributed by atoms with Crippen LogP contribution in [0.5, 0.6) is 0 Å². The van der Waals surface area contributed by atoms with Crippen molar-refractivity contribution in [3.05, 3.63) is 24.8 Å². The smallest absolute Gasteiger partial charge is 0.0755 e. The van der Waals surface area contributed by atoms with Crippen LogP contribution in [0.25, 0.3) is 0 Å². The summed E-state index contributed by atoms with van der Waals surface area (Å²) < 4.78 is 0. The zero-order valence-corrected chi connectivity index (χ0v) is 5.17. The largest absolute Gasteiger partial charge is 0.389 e. The Kier molecular flexibility index (Phi) is 4.27. The summed E-state index contributed by atoms with van der Waals surface area (Å²) in [7, 11) is 0. The van der Waals surface area contributed by atoms with Crippen LogP contribution in [0.1, 0.15) is 13.3 Å². The normalized spacial score (nSPS) is 14.2. The monoisotopic (exact) mass is 112 g/mol. The highest BCUT2D eigenvalue weighted by atomic mass is 16.3. The Hall–Kier alpha value is -0.560. The molecule has 0 spiro atoms. The SMILES string of the molecule is C=CC[C@H](O)/C=C\C. The van der Waals surface area contributed by atoms with E-state index in [9.17, 15) is 0 Å². The molecule has 0 aliphatic carbocycles. The molecule has 0 aromatic rings. The summed E-state index contributed by atoms with van der Waals surface area (Å²) in [5.41, 5.74) is 0. The predicted molar refractivity (Wildman–Crippen MR) is 35.6 cm³/mol. The maximum atomic E-state index is 8.89. The first-order valence-electron chi connectivity index (χ1n) is 2.73. The van der Waals surface area contributed by atoms with Crippen molar-refractivity contribution in [2.75, 3.05) is 0 Å². The number of aliphatic hydroxyl groups is 1. The fourth-order valence-electron chi connectivity index (χ4n) is 0.471. The van der Waals surface area contributed by atoms with Gasteiger partial charge in [-0.3, -0.25) is 0 Å². The van der Waals surface area contributed by atoms with Gasteiger partial charge in [0.1, 0.15) is 0 Å². The van der Waals surface area contributed by atoms with Crippen LogP contribution < -0.4 is 0 Å². The van der Waals surface area contributed by atoms with Crippen LogP contribution in [-0.2, 0) is 0 Å². The quantitative estimate of drug-likeness (QED) is 0.548. The lowest BCUT2D eigenvalue weighted by molar-refractivity contribution is 0.227. The van der Waals surface area contributed by atoms with Gasteiger partial charge in [-0.1, -0.05) is 18.2 Å². The van der Waals surface area contributed by atoms with Gasteiger partial charge >= 0.3 is 0 Å². The van der Waals surface area contributed by atoms with E-state index in [1.165, 1.54) is 0 Å². The van der Waals surface area contributed by atoms with E-state index < -0.39 is 0 Å². The Bertz CT molecular complexity index is 84.4. The predicted octanol–water partition coefficient (Wildman–Crippen LogP) is 1.50. The van der Waals surface area contributed by atoms with Gasteiger partial charge in [-0.25, -0.2) is 0 Å². The maximum absolute atomic E-state index is 8.89. The van der Waals surface area contributed by atoms with Crippen molar-refractivity contribution >= 4 is 0 Å². The van der Waals surface area contributed by atoms with Crippen molar-refractivity contribution in [2.24, 2.45) is 0 Å². The van der Waals surface area contributed by atoms with Crippen LogP contribution in [0.4, 0.5) is 0 Å². The number of hydrogen-bond acceptors (Lipinski definition) is 1. The number of rotatable bonds is 3. The Morgan fingerprint density at radius 3 is 2.75 bits per heavy atom. The number of aliphatic hydroxyl groups excluding tert-OH is 1. The van der Waals surface area contributed by atoms with E-state index in [2.05, 4.69) is 6.58 Å². The minimum absolute atomic E-state index is 0.336. The Labute approximate surface area is 50.3 Å². The fourth-order valence-corrected chi connectivity index (χ4v) is 0.471. The topological polar surface area (TPSA) is 20.2 Å². The molecule has 0 fully saturated rings. The first-order chi connectivity index (χ1) is 3.81. The van der Waals surface area contributed by atoms with Crippen molar-refractivity contribution in [3.63, 3.8) is 0 Å². The lowest BCUT2D eigenvalue weighted by atomic mass is 10.2. The zero-order valence-electron chi connectivity index (χ0n) is 5.17. The van der Waals surface area contributed by atoms with Gasteiger partial charge < -0.3 is 5.11 Å². The van der Waals surface area contributed by atoms with Crippen LogP contribution in [0, 0.1) is 0 Å². The molecule has 1 nitrogen and oxygen atoms in total. The summed E-state index contributed by atoms with van der Waals surface area (Å²) in [4.78, 5) is 0. The van der Waals surface area contributed by atoms with Crippen molar-refractivity contribution in [1.29, 1.82) is 0 Å². The lowest BCUT2D eigenvalue weighted by Gasteiger charge is -1.96. The van der Waals surface area contributed by atoms with E-state index in [0.717, 1.165) is 0 Å². The minimum Gasteiger partial charge on any atom is -0.389 e. The molecule has 0 heterocycles. The van der Waals surface area contributed by atoms with Gasteiger partial charge in [-0.05, 0) is 13.3 Å². The highest BCUT2D eigenvalue weighted by Gasteiger charge is 1.90. The summed E-state index contributed by atoms with van der Waals surface area (Å²) in [6.07, 6.45) is 5.57. The molecule has 46 valence electrons. The molecule has 0 saturated heterocycles. The van der Waals surface area contributed by atoms with Crippen LogP contribution in [-0.4, -0.2) is 11.2 Å². The molecule has 0 radical (unpaired) electrons. The second-order valence-electron chi connectivity index (χ2n) is 1.62. The number of allylic oxidation sites excluding steroid dienone is 1. The maximum Gasteiger partial charge on any atom is 0.0755 e. The van der Waals surface area contributed by atoms with E-state index in [4.69, 9.17) is 5.11 Å². The number of hydrogen-bond donors (Lipinski definition) is 1. The average molecular weight is 112 g/mol. The molecule has 0 aromatic carbocycles. The summed E-state index contributed by atoms with van der Waals surface area (Å²) in [5.74, 6) is 0. The van der Waals surface area contributed by atoms with Crippen molar-refractivity contribution in [3.8, 4) is 0 Å². The molecule has 1 heteroatoms. The molecular weight excluding hydrogens is 100 g/mol. The summed E-state index contributed by atoms with van der Waals surface area (Å²) >= 11 is 0. The standard InChI is InChI=1S/C7H12O/c1-3-5-7(8)6-4-2/h3-4,6-8H,1,5H2,2H3/b6-4-/t7-/m0/s1. The van der Waals surface area contributed by atoms with Crippen molar-refractivity contribution < 1.29 is 5.11 Å². The third-order valence-electron chi connectivity index (χ3n) is 0.823. The molecule has 0 aliphatic heterocycles. The van der Waals surface area contributed by atoms with Gasteiger partial charge in [-0.15, -0.1) is 6.58 Å².